The van der Waals surface area contributed by atoms with Crippen molar-refractivity contribution in [3.05, 3.63) is 59.7 Å². The van der Waals surface area contributed by atoms with Crippen LogP contribution in [0.25, 0.3) is 0 Å². The maximum absolute atomic E-state index is 12.9. The summed E-state index contributed by atoms with van der Waals surface area (Å²) in [5.41, 5.74) is 0.595. The molecule has 0 amide bonds. The summed E-state index contributed by atoms with van der Waals surface area (Å²) in [4.78, 5) is 4.02. The summed E-state index contributed by atoms with van der Waals surface area (Å²) in [6, 6.07) is 10.6. The minimum atomic E-state index is -1.03. The average Bonchev–Trinajstić information content (AvgIpc) is 2.53. The first-order valence-electron chi connectivity index (χ1n) is 7.05. The lowest BCUT2D eigenvalue weighted by atomic mass is 9.89. The van der Waals surface area contributed by atoms with Crippen molar-refractivity contribution in [3.8, 4) is 5.75 Å². The molecule has 0 bridgehead atoms. The maximum Gasteiger partial charge on any atom is 0.141 e. The van der Waals surface area contributed by atoms with Crippen molar-refractivity contribution in [3.63, 3.8) is 0 Å². The third-order valence-corrected chi connectivity index (χ3v) is 3.78. The van der Waals surface area contributed by atoms with Gasteiger partial charge in [0.2, 0.25) is 0 Å². The first kappa shape index (κ1) is 15.4. The van der Waals surface area contributed by atoms with Crippen LogP contribution in [0.5, 0.6) is 5.75 Å². The Kier molecular flexibility index (Phi) is 4.91. The summed E-state index contributed by atoms with van der Waals surface area (Å²) in [7, 11) is 1.63. The standard InChI is InChI=1S/C17H20FNO2/c1-3-17(20,16-9-6-14(18)12-19-16)11-10-13-4-7-15(21-2)8-5-13/h4-9,12,20H,3,10-11H2,1-2H3. The van der Waals surface area contributed by atoms with Crippen LogP contribution in [0.3, 0.4) is 0 Å². The molecule has 0 aliphatic rings. The van der Waals surface area contributed by atoms with Gasteiger partial charge in [0.25, 0.3) is 0 Å². The lowest BCUT2D eigenvalue weighted by Gasteiger charge is -2.26. The van der Waals surface area contributed by atoms with E-state index >= 15 is 0 Å². The number of aryl methyl sites for hydroxylation is 1. The molecule has 1 unspecified atom stereocenters. The van der Waals surface area contributed by atoms with Crippen LogP contribution in [0, 0.1) is 5.82 Å². The molecule has 1 aromatic carbocycles. The summed E-state index contributed by atoms with van der Waals surface area (Å²) in [5, 5.41) is 10.7. The number of nitrogens with zero attached hydrogens (tertiary/aromatic N) is 1. The van der Waals surface area contributed by atoms with Gasteiger partial charge in [-0.05, 0) is 49.1 Å². The van der Waals surface area contributed by atoms with Crippen LogP contribution < -0.4 is 4.74 Å². The third kappa shape index (κ3) is 3.79. The molecule has 0 aliphatic carbocycles. The second kappa shape index (κ2) is 6.68. The summed E-state index contributed by atoms with van der Waals surface area (Å²) < 4.78 is 18.1. The van der Waals surface area contributed by atoms with Gasteiger partial charge in [0, 0.05) is 0 Å². The van der Waals surface area contributed by atoms with Gasteiger partial charge in [0.05, 0.1) is 19.0 Å². The summed E-state index contributed by atoms with van der Waals surface area (Å²) in [6.45, 7) is 1.90. The van der Waals surface area contributed by atoms with E-state index in [2.05, 4.69) is 4.98 Å². The monoisotopic (exact) mass is 289 g/mol. The fourth-order valence-electron chi connectivity index (χ4n) is 2.28. The zero-order chi connectivity index (χ0) is 15.3. The van der Waals surface area contributed by atoms with Gasteiger partial charge in [0.1, 0.15) is 17.2 Å². The molecule has 1 N–H and O–H groups in total. The van der Waals surface area contributed by atoms with Crippen molar-refractivity contribution in [2.24, 2.45) is 0 Å². The Morgan fingerprint density at radius 2 is 1.90 bits per heavy atom. The topological polar surface area (TPSA) is 42.4 Å². The van der Waals surface area contributed by atoms with Crippen LogP contribution in [-0.2, 0) is 12.0 Å². The van der Waals surface area contributed by atoms with Gasteiger partial charge in [-0.15, -0.1) is 0 Å². The molecule has 21 heavy (non-hydrogen) atoms. The van der Waals surface area contributed by atoms with Gasteiger partial charge >= 0.3 is 0 Å². The molecule has 112 valence electrons. The van der Waals surface area contributed by atoms with Gasteiger partial charge < -0.3 is 9.84 Å². The number of aliphatic hydroxyl groups is 1. The van der Waals surface area contributed by atoms with Crippen molar-refractivity contribution in [2.75, 3.05) is 7.11 Å². The van der Waals surface area contributed by atoms with Crippen LogP contribution >= 0.6 is 0 Å². The Morgan fingerprint density at radius 1 is 1.19 bits per heavy atom. The molecule has 3 nitrogen and oxygen atoms in total. The van der Waals surface area contributed by atoms with Gasteiger partial charge in [-0.2, -0.15) is 0 Å². The smallest absolute Gasteiger partial charge is 0.141 e. The zero-order valence-electron chi connectivity index (χ0n) is 12.3. The number of ether oxygens (including phenoxy) is 1. The molecule has 0 radical (unpaired) electrons. The molecular formula is C17H20FNO2. The molecule has 1 atom stereocenters. The van der Waals surface area contributed by atoms with Crippen LogP contribution in [0.15, 0.2) is 42.6 Å². The number of hydrogen-bond acceptors (Lipinski definition) is 3. The first-order valence-corrected chi connectivity index (χ1v) is 7.05. The van der Waals surface area contributed by atoms with E-state index in [0.29, 0.717) is 25.0 Å². The molecular weight excluding hydrogens is 269 g/mol. The summed E-state index contributed by atoms with van der Waals surface area (Å²) >= 11 is 0. The number of pyridine rings is 1. The first-order chi connectivity index (χ1) is 10.1. The van der Waals surface area contributed by atoms with Crippen LogP contribution in [0.4, 0.5) is 4.39 Å². The Bertz CT molecular complexity index is 568. The second-order valence-corrected chi connectivity index (χ2v) is 5.09. The molecule has 1 aromatic heterocycles. The van der Waals surface area contributed by atoms with E-state index in [1.807, 2.05) is 31.2 Å². The van der Waals surface area contributed by atoms with E-state index in [9.17, 15) is 9.50 Å². The molecule has 0 aliphatic heterocycles. The molecule has 2 aromatic rings. The largest absolute Gasteiger partial charge is 0.497 e. The minimum Gasteiger partial charge on any atom is -0.497 e. The highest BCUT2D eigenvalue weighted by Crippen LogP contribution is 2.29. The second-order valence-electron chi connectivity index (χ2n) is 5.09. The highest BCUT2D eigenvalue weighted by atomic mass is 19.1. The number of benzene rings is 1. The van der Waals surface area contributed by atoms with E-state index in [-0.39, 0.29) is 0 Å². The quantitative estimate of drug-likeness (QED) is 0.885. The average molecular weight is 289 g/mol. The van der Waals surface area contributed by atoms with E-state index in [0.717, 1.165) is 17.5 Å². The van der Waals surface area contributed by atoms with Crippen LogP contribution in [-0.4, -0.2) is 17.2 Å². The van der Waals surface area contributed by atoms with Gasteiger partial charge in [-0.3, -0.25) is 4.98 Å². The Labute approximate surface area is 124 Å². The highest BCUT2D eigenvalue weighted by Gasteiger charge is 2.28. The van der Waals surface area contributed by atoms with Gasteiger partial charge in [-0.25, -0.2) is 4.39 Å². The number of halogens is 1. The highest BCUT2D eigenvalue weighted by molar-refractivity contribution is 5.27. The Hall–Kier alpha value is -1.94. The van der Waals surface area contributed by atoms with E-state index < -0.39 is 11.4 Å². The predicted octanol–water partition coefficient (Wildman–Crippen LogP) is 3.46. The molecule has 0 saturated carbocycles. The molecule has 2 rings (SSSR count). The van der Waals surface area contributed by atoms with Crippen molar-refractivity contribution >= 4 is 0 Å². The predicted molar refractivity (Wildman–Crippen MR) is 79.7 cm³/mol. The van der Waals surface area contributed by atoms with Gasteiger partial charge in [0.15, 0.2) is 0 Å². The summed E-state index contributed by atoms with van der Waals surface area (Å²) in [5.74, 6) is 0.414. The SMILES string of the molecule is CCC(O)(CCc1ccc(OC)cc1)c1ccc(F)cn1. The molecule has 4 heteroatoms. The van der Waals surface area contributed by atoms with Crippen molar-refractivity contribution in [1.82, 2.24) is 4.98 Å². The summed E-state index contributed by atoms with van der Waals surface area (Å²) in [6.07, 6.45) is 2.92. The van der Waals surface area contributed by atoms with Crippen molar-refractivity contribution in [2.45, 2.75) is 31.8 Å². The number of hydrogen-bond donors (Lipinski definition) is 1. The lowest BCUT2D eigenvalue weighted by molar-refractivity contribution is 0.0192. The Morgan fingerprint density at radius 3 is 2.43 bits per heavy atom. The van der Waals surface area contributed by atoms with E-state index in [1.165, 1.54) is 6.07 Å². The molecule has 0 fully saturated rings. The minimum absolute atomic E-state index is 0.396. The lowest BCUT2D eigenvalue weighted by Crippen LogP contribution is -2.26. The third-order valence-electron chi connectivity index (χ3n) is 3.78. The molecule has 0 saturated heterocycles. The fourth-order valence-corrected chi connectivity index (χ4v) is 2.28. The maximum atomic E-state index is 12.9. The number of rotatable bonds is 6. The fraction of sp³-hybridized carbons (Fsp3) is 0.353. The Balaban J connectivity index is 2.08. The van der Waals surface area contributed by atoms with E-state index in [1.54, 1.807) is 13.2 Å². The molecule has 1 heterocycles. The van der Waals surface area contributed by atoms with Crippen LogP contribution in [0.2, 0.25) is 0 Å². The number of methoxy groups -OCH3 is 1. The van der Waals surface area contributed by atoms with Crippen molar-refractivity contribution in [1.29, 1.82) is 0 Å². The van der Waals surface area contributed by atoms with Crippen molar-refractivity contribution < 1.29 is 14.2 Å². The molecule has 0 spiro atoms. The van der Waals surface area contributed by atoms with Gasteiger partial charge in [-0.1, -0.05) is 19.1 Å². The number of aromatic nitrogens is 1. The van der Waals surface area contributed by atoms with Crippen LogP contribution in [0.1, 0.15) is 31.0 Å². The van der Waals surface area contributed by atoms with E-state index in [4.69, 9.17) is 4.74 Å². The zero-order valence-corrected chi connectivity index (χ0v) is 12.3. The normalized spacial score (nSPS) is 13.7.